The maximum absolute atomic E-state index is 10.9. The van der Waals surface area contributed by atoms with Crippen molar-refractivity contribution in [1.29, 1.82) is 0 Å². The smallest absolute Gasteiger partial charge is 0.214 e. The maximum Gasteiger partial charge on any atom is 0.214 e. The van der Waals surface area contributed by atoms with Crippen molar-refractivity contribution in [3.05, 3.63) is 0 Å². The molecule has 0 saturated heterocycles. The van der Waals surface area contributed by atoms with Gasteiger partial charge < -0.3 is 4.79 Å². The average Bonchev–Trinajstić information content (AvgIpc) is 2.64. The summed E-state index contributed by atoms with van der Waals surface area (Å²) in [6.07, 6.45) is 2.00. The first-order valence-electron chi connectivity index (χ1n) is 3.09. The second-order valence-corrected chi connectivity index (χ2v) is 4.30. The minimum absolute atomic E-state index is 0.0984. The first-order valence-corrected chi connectivity index (χ1v) is 4.63. The molecule has 5 heteroatoms. The van der Waals surface area contributed by atoms with Crippen molar-refractivity contribution in [2.45, 2.75) is 18.1 Å². The Balaban J connectivity index is 2.43. The minimum Gasteiger partial charge on any atom is -0.302 e. The maximum atomic E-state index is 10.9. The van der Waals surface area contributed by atoms with Gasteiger partial charge in [0.1, 0.15) is 6.29 Å². The molecule has 58 valence electrons. The number of hydrogen-bond acceptors (Lipinski definition) is 3. The molecule has 0 unspecified atom stereocenters. The molecule has 0 aromatic heterocycles. The number of aldehydes is 1. The lowest BCUT2D eigenvalue weighted by Crippen LogP contribution is -2.28. The zero-order valence-electron chi connectivity index (χ0n) is 5.41. The van der Waals surface area contributed by atoms with Gasteiger partial charge in [0.2, 0.25) is 10.0 Å². The summed E-state index contributed by atoms with van der Waals surface area (Å²) in [6.45, 7) is -0.0984. The molecule has 1 rings (SSSR count). The van der Waals surface area contributed by atoms with Crippen LogP contribution in [0.5, 0.6) is 0 Å². The van der Waals surface area contributed by atoms with Crippen molar-refractivity contribution in [1.82, 2.24) is 4.72 Å². The predicted octanol–water partition coefficient (Wildman–Crippen LogP) is -0.733. The highest BCUT2D eigenvalue weighted by molar-refractivity contribution is 7.90. The lowest BCUT2D eigenvalue weighted by Gasteiger charge is -1.98. The second kappa shape index (κ2) is 2.67. The number of carbonyl (C=O) groups is 1. The molecule has 0 atom stereocenters. The van der Waals surface area contributed by atoms with Crippen LogP contribution in [0.15, 0.2) is 0 Å². The second-order valence-electron chi connectivity index (χ2n) is 2.26. The summed E-state index contributed by atoms with van der Waals surface area (Å²) in [7, 11) is -3.13. The summed E-state index contributed by atoms with van der Waals surface area (Å²) in [5, 5.41) is -0.229. The molecule has 0 bridgehead atoms. The Hall–Kier alpha value is -0.420. The van der Waals surface area contributed by atoms with Gasteiger partial charge in [-0.05, 0) is 12.8 Å². The van der Waals surface area contributed by atoms with Gasteiger partial charge in [-0.2, -0.15) is 0 Å². The van der Waals surface area contributed by atoms with Crippen LogP contribution in [0.2, 0.25) is 0 Å². The van der Waals surface area contributed by atoms with Crippen molar-refractivity contribution >= 4 is 16.3 Å². The van der Waals surface area contributed by atoms with Gasteiger partial charge in [-0.25, -0.2) is 13.1 Å². The number of nitrogens with one attached hydrogen (secondary N) is 1. The third-order valence-electron chi connectivity index (χ3n) is 1.33. The van der Waals surface area contributed by atoms with Crippen LogP contribution in [0, 0.1) is 0 Å². The Morgan fingerprint density at radius 3 is 2.50 bits per heavy atom. The minimum atomic E-state index is -3.13. The highest BCUT2D eigenvalue weighted by Gasteiger charge is 2.34. The van der Waals surface area contributed by atoms with Crippen molar-refractivity contribution in [3.8, 4) is 0 Å². The topological polar surface area (TPSA) is 63.2 Å². The van der Waals surface area contributed by atoms with E-state index < -0.39 is 10.0 Å². The van der Waals surface area contributed by atoms with E-state index in [1.165, 1.54) is 0 Å². The zero-order chi connectivity index (χ0) is 7.61. The fourth-order valence-corrected chi connectivity index (χ4v) is 1.94. The Morgan fingerprint density at radius 2 is 2.10 bits per heavy atom. The molecular weight excluding hydrogens is 154 g/mol. The van der Waals surface area contributed by atoms with Crippen LogP contribution in [0.3, 0.4) is 0 Å². The normalized spacial score (nSPS) is 18.8. The molecule has 1 N–H and O–H groups in total. The fraction of sp³-hybridized carbons (Fsp3) is 0.800. The van der Waals surface area contributed by atoms with E-state index in [0.717, 1.165) is 12.8 Å². The lowest BCUT2D eigenvalue weighted by molar-refractivity contribution is -0.106. The first kappa shape index (κ1) is 7.68. The summed E-state index contributed by atoms with van der Waals surface area (Å²) >= 11 is 0. The Kier molecular flexibility index (Phi) is 2.05. The first-order chi connectivity index (χ1) is 4.67. The van der Waals surface area contributed by atoms with Gasteiger partial charge in [-0.1, -0.05) is 0 Å². The van der Waals surface area contributed by atoms with Gasteiger partial charge in [0, 0.05) is 0 Å². The summed E-state index contributed by atoms with van der Waals surface area (Å²) < 4.78 is 23.9. The molecule has 4 nitrogen and oxygen atoms in total. The van der Waals surface area contributed by atoms with E-state index in [2.05, 4.69) is 4.72 Å². The average molecular weight is 163 g/mol. The van der Waals surface area contributed by atoms with Crippen molar-refractivity contribution in [3.63, 3.8) is 0 Å². The number of carbonyl (C=O) groups excluding carboxylic acids is 1. The summed E-state index contributed by atoms with van der Waals surface area (Å²) in [6, 6.07) is 0. The van der Waals surface area contributed by atoms with E-state index >= 15 is 0 Å². The third kappa shape index (κ3) is 1.78. The quantitative estimate of drug-likeness (QED) is 0.555. The Labute approximate surface area is 59.7 Å². The van der Waals surface area contributed by atoms with E-state index in [1.54, 1.807) is 0 Å². The molecule has 10 heavy (non-hydrogen) atoms. The molecule has 0 spiro atoms. The number of hydrogen-bond donors (Lipinski definition) is 1. The third-order valence-corrected chi connectivity index (χ3v) is 3.25. The number of sulfonamides is 1. The van der Waals surface area contributed by atoms with Crippen LogP contribution < -0.4 is 4.72 Å². The van der Waals surface area contributed by atoms with E-state index in [9.17, 15) is 13.2 Å². The molecule has 1 saturated carbocycles. The largest absolute Gasteiger partial charge is 0.302 e. The van der Waals surface area contributed by atoms with Gasteiger partial charge in [0.05, 0.1) is 11.8 Å². The van der Waals surface area contributed by atoms with Crippen LogP contribution >= 0.6 is 0 Å². The highest BCUT2D eigenvalue weighted by atomic mass is 32.2. The zero-order valence-corrected chi connectivity index (χ0v) is 6.23. The lowest BCUT2D eigenvalue weighted by atomic mass is 10.8. The van der Waals surface area contributed by atoms with Crippen LogP contribution in [-0.4, -0.2) is 26.5 Å². The summed E-state index contributed by atoms with van der Waals surface area (Å²) in [5.74, 6) is 0. The molecule has 0 heterocycles. The summed E-state index contributed by atoms with van der Waals surface area (Å²) in [4.78, 5) is 9.77. The van der Waals surface area contributed by atoms with Gasteiger partial charge in [0.25, 0.3) is 0 Å². The van der Waals surface area contributed by atoms with Crippen molar-refractivity contribution in [2.24, 2.45) is 0 Å². The fourth-order valence-electron chi connectivity index (χ4n) is 0.646. The van der Waals surface area contributed by atoms with E-state index in [1.807, 2.05) is 0 Å². The number of rotatable bonds is 4. The summed E-state index contributed by atoms with van der Waals surface area (Å²) in [5.41, 5.74) is 0. The molecule has 0 aromatic carbocycles. The molecule has 0 amide bonds. The SMILES string of the molecule is O=CCNS(=O)(=O)C1CC1. The van der Waals surface area contributed by atoms with Crippen LogP contribution in [0.25, 0.3) is 0 Å². The molecule has 1 aliphatic rings. The molecule has 1 aliphatic carbocycles. The molecular formula is C5H9NO3S. The Bertz CT molecular complexity index is 217. The molecule has 0 aromatic rings. The van der Waals surface area contributed by atoms with Crippen molar-refractivity contribution < 1.29 is 13.2 Å². The van der Waals surface area contributed by atoms with Crippen molar-refractivity contribution in [2.75, 3.05) is 6.54 Å². The molecule has 1 fully saturated rings. The standard InChI is InChI=1S/C5H9NO3S/c7-4-3-6-10(8,9)5-1-2-5/h4-6H,1-3H2. The van der Waals surface area contributed by atoms with Gasteiger partial charge >= 0.3 is 0 Å². The molecule has 0 aliphatic heterocycles. The van der Waals surface area contributed by atoms with E-state index in [0.29, 0.717) is 6.29 Å². The molecule has 0 radical (unpaired) electrons. The monoisotopic (exact) mass is 163 g/mol. The van der Waals surface area contributed by atoms with Crippen LogP contribution in [-0.2, 0) is 14.8 Å². The van der Waals surface area contributed by atoms with E-state index in [4.69, 9.17) is 0 Å². The van der Waals surface area contributed by atoms with Crippen LogP contribution in [0.4, 0.5) is 0 Å². The van der Waals surface area contributed by atoms with E-state index in [-0.39, 0.29) is 11.8 Å². The predicted molar refractivity (Wildman–Crippen MR) is 36.0 cm³/mol. The van der Waals surface area contributed by atoms with Gasteiger partial charge in [0.15, 0.2) is 0 Å². The van der Waals surface area contributed by atoms with Crippen LogP contribution in [0.1, 0.15) is 12.8 Å². The van der Waals surface area contributed by atoms with Gasteiger partial charge in [-0.3, -0.25) is 0 Å². The van der Waals surface area contributed by atoms with Gasteiger partial charge in [-0.15, -0.1) is 0 Å². The Morgan fingerprint density at radius 1 is 1.50 bits per heavy atom. The highest BCUT2D eigenvalue weighted by Crippen LogP contribution is 2.26.